The molecule has 1 saturated heterocycles. The lowest BCUT2D eigenvalue weighted by molar-refractivity contribution is 0.0828. The monoisotopic (exact) mass is 234 g/mol. The third kappa shape index (κ3) is 2.74. The minimum absolute atomic E-state index is 0.0217. The van der Waals surface area contributed by atoms with E-state index in [-0.39, 0.29) is 5.91 Å². The van der Waals surface area contributed by atoms with E-state index in [1.54, 1.807) is 37.3 Å². The fourth-order valence-corrected chi connectivity index (χ4v) is 1.90. The van der Waals surface area contributed by atoms with Crippen molar-refractivity contribution in [1.82, 2.24) is 15.2 Å². The van der Waals surface area contributed by atoms with Crippen LogP contribution in [0.25, 0.3) is 0 Å². The molecule has 2 rings (SSSR count). The van der Waals surface area contributed by atoms with Crippen LogP contribution in [0.2, 0.25) is 0 Å². The Hall–Kier alpha value is -1.62. The van der Waals surface area contributed by atoms with Gasteiger partial charge in [0.05, 0.1) is 5.56 Å². The zero-order valence-electron chi connectivity index (χ0n) is 10.2. The molecule has 1 aromatic heterocycles. The zero-order valence-corrected chi connectivity index (χ0v) is 10.2. The normalized spacial score (nSPS) is 19.1. The van der Waals surface area contributed by atoms with Gasteiger partial charge in [-0.3, -0.25) is 4.79 Å². The Morgan fingerprint density at radius 1 is 1.59 bits per heavy atom. The van der Waals surface area contributed by atoms with Crippen LogP contribution in [-0.2, 0) is 0 Å². The van der Waals surface area contributed by atoms with E-state index in [1.807, 2.05) is 0 Å². The average Bonchev–Trinajstić information content (AvgIpc) is 2.81. The van der Waals surface area contributed by atoms with Crippen LogP contribution in [0.1, 0.15) is 16.8 Å². The zero-order chi connectivity index (χ0) is 12.3. The minimum atomic E-state index is -0.0217. The number of nitrogens with zero attached hydrogens (tertiary/aromatic N) is 2. The Kier molecular flexibility index (Phi) is 3.58. The predicted molar refractivity (Wildman–Crippen MR) is 67.2 cm³/mol. The molecule has 2 N–H and O–H groups in total. The highest BCUT2D eigenvalue weighted by Gasteiger charge is 2.19. The van der Waals surface area contributed by atoms with Crippen molar-refractivity contribution >= 4 is 11.7 Å². The maximum atomic E-state index is 12.0. The van der Waals surface area contributed by atoms with Crippen LogP contribution >= 0.6 is 0 Å². The molecule has 17 heavy (non-hydrogen) atoms. The first-order valence-electron chi connectivity index (χ1n) is 5.82. The predicted octanol–water partition coefficient (Wildman–Crippen LogP) is 0.557. The molecule has 2 heterocycles. The van der Waals surface area contributed by atoms with E-state index >= 15 is 0 Å². The van der Waals surface area contributed by atoms with Crippen molar-refractivity contribution in [1.29, 1.82) is 0 Å². The summed E-state index contributed by atoms with van der Waals surface area (Å²) < 4.78 is 0. The highest BCUT2D eigenvalue weighted by Crippen LogP contribution is 2.15. The quantitative estimate of drug-likeness (QED) is 0.802. The van der Waals surface area contributed by atoms with Gasteiger partial charge in [0.1, 0.15) is 5.82 Å². The SMILES string of the molecule is CN(C)C(=O)c1cccnc1N[C@@H]1CCNC1. The Labute approximate surface area is 101 Å². The Balaban J connectivity index is 2.17. The highest BCUT2D eigenvalue weighted by atomic mass is 16.2. The van der Waals surface area contributed by atoms with Gasteiger partial charge >= 0.3 is 0 Å². The molecule has 1 fully saturated rings. The fraction of sp³-hybridized carbons (Fsp3) is 0.500. The van der Waals surface area contributed by atoms with Crippen LogP contribution in [0.4, 0.5) is 5.82 Å². The summed E-state index contributed by atoms with van der Waals surface area (Å²) in [6, 6.07) is 3.95. The molecule has 5 heteroatoms. The number of rotatable bonds is 3. The number of amides is 1. The lowest BCUT2D eigenvalue weighted by Gasteiger charge is -2.17. The molecule has 1 aromatic rings. The van der Waals surface area contributed by atoms with Crippen molar-refractivity contribution in [2.24, 2.45) is 0 Å². The molecule has 0 radical (unpaired) electrons. The minimum Gasteiger partial charge on any atom is -0.365 e. The number of hydrogen-bond donors (Lipinski definition) is 2. The van der Waals surface area contributed by atoms with Crippen LogP contribution in [-0.4, -0.2) is 49.0 Å². The fourth-order valence-electron chi connectivity index (χ4n) is 1.90. The van der Waals surface area contributed by atoms with Crippen molar-refractivity contribution in [3.8, 4) is 0 Å². The largest absolute Gasteiger partial charge is 0.365 e. The Morgan fingerprint density at radius 3 is 3.06 bits per heavy atom. The van der Waals surface area contributed by atoms with Crippen molar-refractivity contribution in [3.63, 3.8) is 0 Å². The van der Waals surface area contributed by atoms with Crippen LogP contribution in [0.3, 0.4) is 0 Å². The van der Waals surface area contributed by atoms with Crippen LogP contribution in [0, 0.1) is 0 Å². The lowest BCUT2D eigenvalue weighted by Crippen LogP contribution is -2.27. The molecule has 0 unspecified atom stereocenters. The summed E-state index contributed by atoms with van der Waals surface area (Å²) in [4.78, 5) is 17.8. The maximum Gasteiger partial charge on any atom is 0.257 e. The summed E-state index contributed by atoms with van der Waals surface area (Å²) in [5, 5.41) is 6.60. The van der Waals surface area contributed by atoms with Gasteiger partial charge in [-0.05, 0) is 25.1 Å². The molecular formula is C12H18N4O. The summed E-state index contributed by atoms with van der Waals surface area (Å²) in [6.45, 7) is 1.94. The second-order valence-corrected chi connectivity index (χ2v) is 4.43. The van der Waals surface area contributed by atoms with Crippen molar-refractivity contribution in [2.75, 3.05) is 32.5 Å². The van der Waals surface area contributed by atoms with Gasteiger partial charge in [-0.15, -0.1) is 0 Å². The van der Waals surface area contributed by atoms with Gasteiger partial charge in [-0.1, -0.05) is 0 Å². The summed E-state index contributed by atoms with van der Waals surface area (Å²) in [7, 11) is 3.49. The van der Waals surface area contributed by atoms with E-state index in [1.165, 1.54) is 0 Å². The molecule has 0 aliphatic carbocycles. The summed E-state index contributed by atoms with van der Waals surface area (Å²) in [5.74, 6) is 0.659. The molecule has 1 atom stereocenters. The molecule has 1 amide bonds. The third-order valence-electron chi connectivity index (χ3n) is 2.85. The first kappa shape index (κ1) is 11.9. The van der Waals surface area contributed by atoms with E-state index in [9.17, 15) is 4.79 Å². The van der Waals surface area contributed by atoms with E-state index < -0.39 is 0 Å². The molecule has 92 valence electrons. The number of pyridine rings is 1. The molecule has 5 nitrogen and oxygen atoms in total. The second kappa shape index (κ2) is 5.14. The number of aromatic nitrogens is 1. The number of anilines is 1. The van der Waals surface area contributed by atoms with E-state index in [0.29, 0.717) is 17.4 Å². The van der Waals surface area contributed by atoms with Gasteiger partial charge < -0.3 is 15.5 Å². The first-order chi connectivity index (χ1) is 8.18. The van der Waals surface area contributed by atoms with Crippen molar-refractivity contribution in [3.05, 3.63) is 23.9 Å². The van der Waals surface area contributed by atoms with Gasteiger partial charge in [0.2, 0.25) is 0 Å². The standard InChI is InChI=1S/C12H18N4O/c1-16(2)12(17)10-4-3-6-14-11(10)15-9-5-7-13-8-9/h3-4,6,9,13H,5,7-8H2,1-2H3,(H,14,15)/t9-/m1/s1. The van der Waals surface area contributed by atoms with Gasteiger partial charge in [0.25, 0.3) is 5.91 Å². The van der Waals surface area contributed by atoms with Gasteiger partial charge in [-0.25, -0.2) is 4.98 Å². The third-order valence-corrected chi connectivity index (χ3v) is 2.85. The van der Waals surface area contributed by atoms with Crippen molar-refractivity contribution in [2.45, 2.75) is 12.5 Å². The molecule has 0 saturated carbocycles. The smallest absolute Gasteiger partial charge is 0.257 e. The van der Waals surface area contributed by atoms with Crippen LogP contribution in [0.5, 0.6) is 0 Å². The number of carbonyl (C=O) groups is 1. The Bertz CT molecular complexity index is 399. The number of nitrogens with one attached hydrogen (secondary N) is 2. The summed E-state index contributed by atoms with van der Waals surface area (Å²) >= 11 is 0. The van der Waals surface area contributed by atoms with Crippen molar-refractivity contribution < 1.29 is 4.79 Å². The highest BCUT2D eigenvalue weighted by molar-refractivity contribution is 5.98. The van der Waals surface area contributed by atoms with Gasteiger partial charge in [0, 0.05) is 32.9 Å². The van der Waals surface area contributed by atoms with E-state index in [2.05, 4.69) is 15.6 Å². The van der Waals surface area contributed by atoms with E-state index in [0.717, 1.165) is 19.5 Å². The maximum absolute atomic E-state index is 12.0. The topological polar surface area (TPSA) is 57.3 Å². The van der Waals surface area contributed by atoms with Crippen LogP contribution < -0.4 is 10.6 Å². The summed E-state index contributed by atoms with van der Waals surface area (Å²) in [6.07, 6.45) is 2.77. The molecule has 1 aliphatic rings. The molecule has 0 aromatic carbocycles. The molecule has 0 spiro atoms. The van der Waals surface area contributed by atoms with Crippen LogP contribution in [0.15, 0.2) is 18.3 Å². The first-order valence-corrected chi connectivity index (χ1v) is 5.82. The molecular weight excluding hydrogens is 216 g/mol. The van der Waals surface area contributed by atoms with E-state index in [4.69, 9.17) is 0 Å². The number of hydrogen-bond acceptors (Lipinski definition) is 4. The molecule has 1 aliphatic heterocycles. The summed E-state index contributed by atoms with van der Waals surface area (Å²) in [5.41, 5.74) is 0.629. The van der Waals surface area contributed by atoms with Gasteiger partial charge in [0.15, 0.2) is 0 Å². The lowest BCUT2D eigenvalue weighted by atomic mass is 10.2. The second-order valence-electron chi connectivity index (χ2n) is 4.43. The Morgan fingerprint density at radius 2 is 2.41 bits per heavy atom. The van der Waals surface area contributed by atoms with Gasteiger partial charge in [-0.2, -0.15) is 0 Å². The number of carbonyl (C=O) groups excluding carboxylic acids is 1. The average molecular weight is 234 g/mol. The molecule has 0 bridgehead atoms.